The molecule has 0 amide bonds. The lowest BCUT2D eigenvalue weighted by Gasteiger charge is -2.32. The third-order valence-corrected chi connectivity index (χ3v) is 4.61. The van der Waals surface area contributed by atoms with Gasteiger partial charge in [-0.3, -0.25) is 4.90 Å². The molecule has 0 radical (unpaired) electrons. The van der Waals surface area contributed by atoms with Gasteiger partial charge in [0, 0.05) is 12.6 Å². The Morgan fingerprint density at radius 2 is 1.52 bits per heavy atom. The Balaban J connectivity index is 1.97. The fraction of sp³-hybridized carbons (Fsp3) is 0.368. The molecule has 2 heteroatoms. The molecule has 1 heterocycles. The molecule has 1 saturated heterocycles. The summed E-state index contributed by atoms with van der Waals surface area (Å²) in [6.07, 6.45) is 1.20. The molecule has 3 rings (SSSR count). The third-order valence-electron chi connectivity index (χ3n) is 4.61. The average Bonchev–Trinajstić information content (AvgIpc) is 2.91. The third kappa shape index (κ3) is 3.02. The predicted octanol–water partition coefficient (Wildman–Crippen LogP) is 3.45. The summed E-state index contributed by atoms with van der Waals surface area (Å²) in [5.41, 5.74) is 8.65. The van der Waals surface area contributed by atoms with Crippen molar-refractivity contribution < 1.29 is 0 Å². The molecule has 0 aromatic heterocycles. The van der Waals surface area contributed by atoms with E-state index in [9.17, 15) is 0 Å². The Morgan fingerprint density at radius 1 is 1.00 bits per heavy atom. The molecule has 0 spiro atoms. The van der Waals surface area contributed by atoms with Crippen molar-refractivity contribution in [3.05, 3.63) is 71.8 Å². The molecule has 2 unspecified atom stereocenters. The highest BCUT2D eigenvalue weighted by atomic mass is 15.2. The summed E-state index contributed by atoms with van der Waals surface area (Å²) in [6.45, 7) is 4.21. The van der Waals surface area contributed by atoms with Crippen LogP contribution in [-0.2, 0) is 0 Å². The van der Waals surface area contributed by atoms with E-state index in [0.29, 0.717) is 18.0 Å². The van der Waals surface area contributed by atoms with Crippen LogP contribution in [0.2, 0.25) is 0 Å². The molecule has 2 N–H and O–H groups in total. The van der Waals surface area contributed by atoms with Gasteiger partial charge in [-0.05, 0) is 36.9 Å². The second-order valence-corrected chi connectivity index (χ2v) is 6.11. The van der Waals surface area contributed by atoms with Crippen LogP contribution in [0.25, 0.3) is 0 Å². The maximum atomic E-state index is 5.91. The van der Waals surface area contributed by atoms with Gasteiger partial charge in [-0.15, -0.1) is 0 Å². The second kappa shape index (κ2) is 6.42. The lowest BCUT2D eigenvalue weighted by molar-refractivity contribution is 0.215. The van der Waals surface area contributed by atoms with Gasteiger partial charge in [0.25, 0.3) is 0 Å². The van der Waals surface area contributed by atoms with Crippen LogP contribution in [0.3, 0.4) is 0 Å². The van der Waals surface area contributed by atoms with Gasteiger partial charge >= 0.3 is 0 Å². The molecule has 2 aromatic carbocycles. The van der Waals surface area contributed by atoms with E-state index >= 15 is 0 Å². The van der Waals surface area contributed by atoms with Crippen LogP contribution < -0.4 is 5.73 Å². The monoisotopic (exact) mass is 280 g/mol. The topological polar surface area (TPSA) is 29.3 Å². The van der Waals surface area contributed by atoms with Crippen molar-refractivity contribution in [2.45, 2.75) is 25.4 Å². The van der Waals surface area contributed by atoms with E-state index in [4.69, 9.17) is 5.73 Å². The van der Waals surface area contributed by atoms with E-state index in [0.717, 1.165) is 13.1 Å². The summed E-state index contributed by atoms with van der Waals surface area (Å²) in [4.78, 5) is 2.61. The summed E-state index contributed by atoms with van der Waals surface area (Å²) >= 11 is 0. The van der Waals surface area contributed by atoms with Gasteiger partial charge in [-0.1, -0.05) is 60.7 Å². The number of likely N-dealkylation sites (tertiary alicyclic amines) is 1. The van der Waals surface area contributed by atoms with Crippen molar-refractivity contribution in [1.29, 1.82) is 0 Å². The van der Waals surface area contributed by atoms with Gasteiger partial charge in [0.15, 0.2) is 0 Å². The van der Waals surface area contributed by atoms with Gasteiger partial charge in [0.1, 0.15) is 0 Å². The Kier molecular flexibility index (Phi) is 4.37. The van der Waals surface area contributed by atoms with Gasteiger partial charge in [-0.25, -0.2) is 0 Å². The van der Waals surface area contributed by atoms with Gasteiger partial charge in [0.2, 0.25) is 0 Å². The quantitative estimate of drug-likeness (QED) is 0.929. The highest BCUT2D eigenvalue weighted by Crippen LogP contribution is 2.36. The van der Waals surface area contributed by atoms with Gasteiger partial charge < -0.3 is 5.73 Å². The Bertz CT molecular complexity index is 513. The molecule has 0 saturated carbocycles. The standard InChI is InChI=1S/C19H24N2/c1-15-12-16(13-20)14-21(15)19(17-8-4-2-5-9-17)18-10-6-3-7-11-18/h2-11,15-16,19H,12-14,20H2,1H3. The minimum absolute atomic E-state index is 0.332. The SMILES string of the molecule is CC1CC(CN)CN1C(c1ccccc1)c1ccccc1. The zero-order valence-corrected chi connectivity index (χ0v) is 12.7. The van der Waals surface area contributed by atoms with E-state index in [1.54, 1.807) is 0 Å². The lowest BCUT2D eigenvalue weighted by atomic mass is 9.96. The van der Waals surface area contributed by atoms with Crippen molar-refractivity contribution in [3.8, 4) is 0 Å². The maximum Gasteiger partial charge on any atom is 0.0604 e. The summed E-state index contributed by atoms with van der Waals surface area (Å²) in [6, 6.07) is 22.5. The molecule has 21 heavy (non-hydrogen) atoms. The first-order chi connectivity index (χ1) is 10.3. The minimum atomic E-state index is 0.332. The summed E-state index contributed by atoms with van der Waals surface area (Å²) < 4.78 is 0. The number of hydrogen-bond donors (Lipinski definition) is 1. The van der Waals surface area contributed by atoms with Crippen molar-refractivity contribution in [3.63, 3.8) is 0 Å². The maximum absolute atomic E-state index is 5.91. The number of benzene rings is 2. The summed E-state index contributed by atoms with van der Waals surface area (Å²) in [5, 5.41) is 0. The van der Waals surface area contributed by atoms with Crippen LogP contribution in [0.15, 0.2) is 60.7 Å². The highest BCUT2D eigenvalue weighted by molar-refractivity contribution is 5.32. The van der Waals surface area contributed by atoms with E-state index in [2.05, 4.69) is 72.5 Å². The predicted molar refractivity (Wildman–Crippen MR) is 88.1 cm³/mol. The van der Waals surface area contributed by atoms with Crippen LogP contribution in [0.1, 0.15) is 30.5 Å². The normalized spacial score (nSPS) is 22.8. The molecule has 2 aromatic rings. The molecule has 1 fully saturated rings. The van der Waals surface area contributed by atoms with Crippen molar-refractivity contribution in [2.75, 3.05) is 13.1 Å². The average molecular weight is 280 g/mol. The largest absolute Gasteiger partial charge is 0.330 e. The summed E-state index contributed by atoms with van der Waals surface area (Å²) in [7, 11) is 0. The van der Waals surface area contributed by atoms with E-state index < -0.39 is 0 Å². The fourth-order valence-electron chi connectivity index (χ4n) is 3.55. The second-order valence-electron chi connectivity index (χ2n) is 6.11. The van der Waals surface area contributed by atoms with Gasteiger partial charge in [-0.2, -0.15) is 0 Å². The Labute approximate surface area is 127 Å². The van der Waals surface area contributed by atoms with Crippen molar-refractivity contribution in [1.82, 2.24) is 4.90 Å². The number of rotatable bonds is 4. The van der Waals surface area contributed by atoms with Gasteiger partial charge in [0.05, 0.1) is 6.04 Å². The first-order valence-corrected chi connectivity index (χ1v) is 7.85. The first-order valence-electron chi connectivity index (χ1n) is 7.85. The van der Waals surface area contributed by atoms with Crippen molar-refractivity contribution in [2.24, 2.45) is 11.7 Å². The molecule has 110 valence electrons. The summed E-state index contributed by atoms with van der Waals surface area (Å²) in [5.74, 6) is 0.620. The van der Waals surface area contributed by atoms with E-state index in [1.165, 1.54) is 17.5 Å². The molecule has 0 aliphatic carbocycles. The first kappa shape index (κ1) is 14.3. The van der Waals surface area contributed by atoms with Crippen LogP contribution in [0, 0.1) is 5.92 Å². The molecular weight excluding hydrogens is 256 g/mol. The van der Waals surface area contributed by atoms with Crippen LogP contribution >= 0.6 is 0 Å². The zero-order chi connectivity index (χ0) is 14.7. The Hall–Kier alpha value is -1.64. The molecule has 1 aliphatic rings. The lowest BCUT2D eigenvalue weighted by Crippen LogP contribution is -2.33. The highest BCUT2D eigenvalue weighted by Gasteiger charge is 2.34. The van der Waals surface area contributed by atoms with Crippen LogP contribution in [-0.4, -0.2) is 24.0 Å². The zero-order valence-electron chi connectivity index (χ0n) is 12.7. The van der Waals surface area contributed by atoms with Crippen molar-refractivity contribution >= 4 is 0 Å². The molecule has 2 atom stereocenters. The minimum Gasteiger partial charge on any atom is -0.330 e. The molecule has 0 bridgehead atoms. The van der Waals surface area contributed by atoms with E-state index in [-0.39, 0.29) is 0 Å². The molecule has 1 aliphatic heterocycles. The number of hydrogen-bond acceptors (Lipinski definition) is 2. The van der Waals surface area contributed by atoms with Crippen LogP contribution in [0.5, 0.6) is 0 Å². The Morgan fingerprint density at radius 3 is 1.95 bits per heavy atom. The molecular formula is C19H24N2. The number of nitrogens with two attached hydrogens (primary N) is 1. The van der Waals surface area contributed by atoms with Crippen LogP contribution in [0.4, 0.5) is 0 Å². The smallest absolute Gasteiger partial charge is 0.0604 e. The molecule has 2 nitrogen and oxygen atoms in total. The van der Waals surface area contributed by atoms with E-state index in [1.807, 2.05) is 0 Å². The number of nitrogens with zero attached hydrogens (tertiary/aromatic N) is 1. The fourth-order valence-corrected chi connectivity index (χ4v) is 3.55.